The van der Waals surface area contributed by atoms with E-state index in [0.717, 1.165) is 18.2 Å². The van der Waals surface area contributed by atoms with Gasteiger partial charge in [-0.3, -0.25) is 0 Å². The molecule has 0 aromatic carbocycles. The van der Waals surface area contributed by atoms with E-state index in [-0.39, 0.29) is 19.8 Å². The topological polar surface area (TPSA) is 116 Å². The Kier molecular flexibility index (Phi) is 9.46. The molecule has 0 saturated heterocycles. The smallest absolute Gasteiger partial charge is 0.331 e. The van der Waals surface area contributed by atoms with Gasteiger partial charge < -0.3 is 19.3 Å². The zero-order valence-corrected chi connectivity index (χ0v) is 13.4. The number of rotatable bonds is 11. The van der Waals surface area contributed by atoms with Crippen molar-refractivity contribution < 1.29 is 38.5 Å². The first-order valence-corrected chi connectivity index (χ1v) is 6.94. The number of aliphatic carboxylic acids is 1. The van der Waals surface area contributed by atoms with Gasteiger partial charge in [0, 0.05) is 24.3 Å². The van der Waals surface area contributed by atoms with E-state index in [2.05, 4.69) is 13.2 Å². The quantitative estimate of drug-likeness (QED) is 0.337. The van der Waals surface area contributed by atoms with Crippen molar-refractivity contribution in [2.24, 2.45) is 5.41 Å². The van der Waals surface area contributed by atoms with E-state index in [0.29, 0.717) is 12.5 Å². The van der Waals surface area contributed by atoms with Crippen LogP contribution in [0.15, 0.2) is 37.5 Å². The molecule has 0 aromatic rings. The highest BCUT2D eigenvalue weighted by Gasteiger charge is 2.33. The largest absolute Gasteiger partial charge is 0.478 e. The average molecular weight is 340 g/mol. The first-order chi connectivity index (χ1) is 11.3. The Morgan fingerprint density at radius 3 is 1.62 bits per heavy atom. The molecule has 0 atom stereocenters. The van der Waals surface area contributed by atoms with Crippen LogP contribution in [0.25, 0.3) is 0 Å². The van der Waals surface area contributed by atoms with Gasteiger partial charge in [0.05, 0.1) is 5.41 Å². The van der Waals surface area contributed by atoms with Crippen molar-refractivity contribution in [1.29, 1.82) is 0 Å². The molecule has 1 N–H and O–H groups in total. The summed E-state index contributed by atoms with van der Waals surface area (Å²) in [4.78, 5) is 44.3. The van der Waals surface area contributed by atoms with Gasteiger partial charge in [-0.2, -0.15) is 0 Å². The number of carbonyl (C=O) groups excluding carboxylic acids is 3. The molecule has 0 amide bonds. The third kappa shape index (κ3) is 8.52. The summed E-state index contributed by atoms with van der Waals surface area (Å²) in [5, 5.41) is 8.45. The molecule has 0 fully saturated rings. The van der Waals surface area contributed by atoms with Crippen molar-refractivity contribution in [3.8, 4) is 0 Å². The fourth-order valence-corrected chi connectivity index (χ4v) is 1.41. The zero-order chi connectivity index (χ0) is 18.6. The van der Waals surface area contributed by atoms with Crippen molar-refractivity contribution in [1.82, 2.24) is 0 Å². The molecular formula is C16H20O8. The Bertz CT molecular complexity index is 508. The number of carbonyl (C=O) groups is 4. The fourth-order valence-electron chi connectivity index (χ4n) is 1.41. The van der Waals surface area contributed by atoms with Crippen LogP contribution in [0.5, 0.6) is 0 Å². The van der Waals surface area contributed by atoms with Crippen LogP contribution in [0, 0.1) is 5.41 Å². The first kappa shape index (κ1) is 21.1. The van der Waals surface area contributed by atoms with Gasteiger partial charge in [-0.1, -0.05) is 20.1 Å². The van der Waals surface area contributed by atoms with Gasteiger partial charge in [-0.15, -0.1) is 0 Å². The summed E-state index contributed by atoms with van der Waals surface area (Å²) in [6.07, 6.45) is 3.66. The minimum atomic E-state index is -1.30. The highest BCUT2D eigenvalue weighted by Crippen LogP contribution is 2.24. The Balaban J connectivity index is 4.97. The lowest BCUT2D eigenvalue weighted by Gasteiger charge is -2.30. The summed E-state index contributed by atoms with van der Waals surface area (Å²) in [7, 11) is 0. The molecule has 0 aliphatic carbocycles. The summed E-state index contributed by atoms with van der Waals surface area (Å²) in [5.74, 6) is -3.55. The van der Waals surface area contributed by atoms with Crippen molar-refractivity contribution in [2.75, 3.05) is 19.8 Å². The molecular weight excluding hydrogens is 320 g/mol. The highest BCUT2D eigenvalue weighted by atomic mass is 16.6. The SMILES string of the molecule is C=CC(=O)OCC(CC)(COC(=O)C=C)COC(=O)C=CC(=O)O. The number of hydrogen-bond donors (Lipinski definition) is 1. The van der Waals surface area contributed by atoms with Crippen LogP contribution in [-0.4, -0.2) is 48.8 Å². The lowest BCUT2D eigenvalue weighted by molar-refractivity contribution is -0.156. The summed E-state index contributed by atoms with van der Waals surface area (Å²) in [5.41, 5.74) is -0.982. The van der Waals surface area contributed by atoms with Crippen LogP contribution >= 0.6 is 0 Å². The normalized spacial score (nSPS) is 10.7. The van der Waals surface area contributed by atoms with E-state index in [9.17, 15) is 19.2 Å². The number of carboxylic acid groups (broad SMARTS) is 1. The minimum absolute atomic E-state index is 0.186. The van der Waals surface area contributed by atoms with Crippen molar-refractivity contribution in [3.05, 3.63) is 37.5 Å². The van der Waals surface area contributed by atoms with E-state index in [4.69, 9.17) is 19.3 Å². The summed E-state index contributed by atoms with van der Waals surface area (Å²) in [6, 6.07) is 0. The van der Waals surface area contributed by atoms with Gasteiger partial charge in [0.25, 0.3) is 0 Å². The van der Waals surface area contributed by atoms with E-state index in [1.165, 1.54) is 0 Å². The molecule has 8 nitrogen and oxygen atoms in total. The minimum Gasteiger partial charge on any atom is -0.478 e. The maximum absolute atomic E-state index is 11.5. The summed E-state index contributed by atoms with van der Waals surface area (Å²) < 4.78 is 14.9. The van der Waals surface area contributed by atoms with Crippen LogP contribution in [0.2, 0.25) is 0 Å². The van der Waals surface area contributed by atoms with Crippen LogP contribution in [0.3, 0.4) is 0 Å². The average Bonchev–Trinajstić information content (AvgIpc) is 2.58. The molecule has 0 bridgehead atoms. The lowest BCUT2D eigenvalue weighted by atomic mass is 9.88. The van der Waals surface area contributed by atoms with E-state index < -0.39 is 29.3 Å². The second-order valence-electron chi connectivity index (χ2n) is 4.76. The Morgan fingerprint density at radius 1 is 0.875 bits per heavy atom. The van der Waals surface area contributed by atoms with Gasteiger partial charge in [-0.05, 0) is 6.42 Å². The second kappa shape index (κ2) is 10.8. The van der Waals surface area contributed by atoms with E-state index in [1.807, 2.05) is 0 Å². The monoisotopic (exact) mass is 340 g/mol. The number of hydrogen-bond acceptors (Lipinski definition) is 7. The number of ether oxygens (including phenoxy) is 3. The highest BCUT2D eigenvalue weighted by molar-refractivity contribution is 5.90. The molecule has 132 valence electrons. The molecule has 0 heterocycles. The van der Waals surface area contributed by atoms with Gasteiger partial charge in [0.2, 0.25) is 0 Å². The standard InChI is InChI=1S/C16H20O8/c1-4-13(19)22-9-16(6-3,10-23-14(20)5-2)11-24-15(21)8-7-12(17)18/h4-5,7-8H,1-2,6,9-11H2,3H3,(H,17,18). The van der Waals surface area contributed by atoms with Crippen molar-refractivity contribution in [3.63, 3.8) is 0 Å². The van der Waals surface area contributed by atoms with Gasteiger partial charge in [0.15, 0.2) is 0 Å². The van der Waals surface area contributed by atoms with Gasteiger partial charge >= 0.3 is 23.9 Å². The molecule has 0 aliphatic rings. The van der Waals surface area contributed by atoms with Crippen LogP contribution in [-0.2, 0) is 33.4 Å². The third-order valence-electron chi connectivity index (χ3n) is 3.01. The lowest BCUT2D eigenvalue weighted by Crippen LogP contribution is -2.38. The first-order valence-electron chi connectivity index (χ1n) is 6.94. The zero-order valence-electron chi connectivity index (χ0n) is 13.4. The number of esters is 3. The number of carboxylic acids is 1. The Morgan fingerprint density at radius 2 is 1.29 bits per heavy atom. The van der Waals surface area contributed by atoms with Crippen LogP contribution in [0.4, 0.5) is 0 Å². The maximum Gasteiger partial charge on any atom is 0.331 e. The van der Waals surface area contributed by atoms with Crippen molar-refractivity contribution >= 4 is 23.9 Å². The summed E-state index contributed by atoms with van der Waals surface area (Å²) >= 11 is 0. The van der Waals surface area contributed by atoms with E-state index in [1.54, 1.807) is 6.92 Å². The molecule has 0 aliphatic heterocycles. The molecule has 0 aromatic heterocycles. The summed E-state index contributed by atoms with van der Waals surface area (Å²) in [6.45, 7) is 7.64. The van der Waals surface area contributed by atoms with Crippen molar-refractivity contribution in [2.45, 2.75) is 13.3 Å². The predicted molar refractivity (Wildman–Crippen MR) is 82.8 cm³/mol. The second-order valence-corrected chi connectivity index (χ2v) is 4.76. The van der Waals surface area contributed by atoms with Crippen LogP contribution < -0.4 is 0 Å². The molecule has 0 unspecified atom stereocenters. The fraction of sp³-hybridized carbons (Fsp3) is 0.375. The van der Waals surface area contributed by atoms with Gasteiger partial charge in [0.1, 0.15) is 19.8 Å². The molecule has 0 radical (unpaired) electrons. The Hall–Kier alpha value is -2.90. The molecule has 0 saturated carbocycles. The maximum atomic E-state index is 11.5. The molecule has 0 spiro atoms. The predicted octanol–water partition coefficient (Wildman–Crippen LogP) is 1.03. The Labute approximate surface area is 139 Å². The molecule has 0 rings (SSSR count). The van der Waals surface area contributed by atoms with Gasteiger partial charge in [-0.25, -0.2) is 19.2 Å². The third-order valence-corrected chi connectivity index (χ3v) is 3.01. The van der Waals surface area contributed by atoms with Crippen LogP contribution in [0.1, 0.15) is 13.3 Å². The molecule has 8 heteroatoms. The van der Waals surface area contributed by atoms with E-state index >= 15 is 0 Å². The molecule has 24 heavy (non-hydrogen) atoms.